The van der Waals surface area contributed by atoms with Gasteiger partial charge in [0.05, 0.1) is 5.69 Å². The summed E-state index contributed by atoms with van der Waals surface area (Å²) in [5.74, 6) is 0. The van der Waals surface area contributed by atoms with Crippen LogP contribution in [0.1, 0.15) is 0 Å². The Morgan fingerprint density at radius 2 is 1.91 bits per heavy atom. The first-order valence-corrected chi connectivity index (χ1v) is 7.06. The lowest BCUT2D eigenvalue weighted by Crippen LogP contribution is -2.01. The number of benzene rings is 2. The van der Waals surface area contributed by atoms with E-state index in [1.165, 1.54) is 11.5 Å². The Balaban J connectivity index is 1.85. The first-order chi connectivity index (χ1) is 10.7. The SMILES string of the molecule is Cn1ccc2ccc(Nc3cc(=O)oc4ccccc34)cc21. The van der Waals surface area contributed by atoms with Crippen LogP contribution in [-0.2, 0) is 7.05 Å². The maximum absolute atomic E-state index is 11.7. The van der Waals surface area contributed by atoms with Crippen LogP contribution >= 0.6 is 0 Å². The van der Waals surface area contributed by atoms with Gasteiger partial charge in [-0.25, -0.2) is 4.79 Å². The number of para-hydroxylation sites is 1. The van der Waals surface area contributed by atoms with Crippen LogP contribution in [0.2, 0.25) is 0 Å². The van der Waals surface area contributed by atoms with E-state index < -0.39 is 0 Å². The van der Waals surface area contributed by atoms with Gasteiger partial charge in [0.25, 0.3) is 0 Å². The third-order valence-corrected chi connectivity index (χ3v) is 3.82. The van der Waals surface area contributed by atoms with Crippen molar-refractivity contribution in [1.82, 2.24) is 4.57 Å². The molecule has 4 heteroatoms. The summed E-state index contributed by atoms with van der Waals surface area (Å²) in [7, 11) is 2.01. The van der Waals surface area contributed by atoms with Gasteiger partial charge in [-0.1, -0.05) is 18.2 Å². The van der Waals surface area contributed by atoms with Crippen LogP contribution in [0.4, 0.5) is 11.4 Å². The molecule has 0 saturated heterocycles. The Labute approximate surface area is 126 Å². The van der Waals surface area contributed by atoms with E-state index in [-0.39, 0.29) is 5.63 Å². The molecule has 2 heterocycles. The smallest absolute Gasteiger partial charge is 0.338 e. The van der Waals surface area contributed by atoms with Crippen LogP contribution in [0.5, 0.6) is 0 Å². The second-order valence-electron chi connectivity index (χ2n) is 5.30. The number of fused-ring (bicyclic) bond motifs is 2. The summed E-state index contributed by atoms with van der Waals surface area (Å²) < 4.78 is 7.28. The molecule has 0 fully saturated rings. The maximum atomic E-state index is 11.7. The van der Waals surface area contributed by atoms with E-state index in [9.17, 15) is 4.79 Å². The summed E-state index contributed by atoms with van der Waals surface area (Å²) in [5.41, 5.74) is 3.04. The standard InChI is InChI=1S/C18H14N2O2/c1-20-9-8-12-6-7-13(10-16(12)20)19-15-11-18(21)22-17-5-3-2-4-14(15)17/h2-11,19H,1H3. The molecule has 4 rings (SSSR count). The molecular weight excluding hydrogens is 276 g/mol. The summed E-state index contributed by atoms with van der Waals surface area (Å²) in [5, 5.41) is 5.39. The van der Waals surface area contributed by atoms with Crippen LogP contribution in [-0.4, -0.2) is 4.57 Å². The van der Waals surface area contributed by atoms with Gasteiger partial charge in [-0.2, -0.15) is 0 Å². The predicted octanol–water partition coefficient (Wildman–Crippen LogP) is 4.03. The highest BCUT2D eigenvalue weighted by molar-refractivity contribution is 5.92. The minimum atomic E-state index is -0.360. The monoisotopic (exact) mass is 290 g/mol. The fraction of sp³-hybridized carbons (Fsp3) is 0.0556. The Morgan fingerprint density at radius 1 is 1.05 bits per heavy atom. The Morgan fingerprint density at radius 3 is 2.82 bits per heavy atom. The van der Waals surface area contributed by atoms with E-state index in [0.717, 1.165) is 22.3 Å². The molecule has 22 heavy (non-hydrogen) atoms. The number of anilines is 2. The zero-order valence-electron chi connectivity index (χ0n) is 12.0. The van der Waals surface area contributed by atoms with Crippen molar-refractivity contribution in [2.24, 2.45) is 7.05 Å². The van der Waals surface area contributed by atoms with Crippen molar-refractivity contribution in [2.45, 2.75) is 0 Å². The minimum absolute atomic E-state index is 0.360. The van der Waals surface area contributed by atoms with Gasteiger partial charge < -0.3 is 14.3 Å². The molecule has 0 bridgehead atoms. The van der Waals surface area contributed by atoms with Gasteiger partial charge in [-0.3, -0.25) is 0 Å². The average Bonchev–Trinajstić information content (AvgIpc) is 2.88. The molecule has 2 aromatic heterocycles. The fourth-order valence-corrected chi connectivity index (χ4v) is 2.71. The first-order valence-electron chi connectivity index (χ1n) is 7.06. The van der Waals surface area contributed by atoms with Crippen molar-refractivity contribution in [2.75, 3.05) is 5.32 Å². The fourth-order valence-electron chi connectivity index (χ4n) is 2.71. The zero-order chi connectivity index (χ0) is 15.1. The minimum Gasteiger partial charge on any atom is -0.423 e. The summed E-state index contributed by atoms with van der Waals surface area (Å²) in [4.78, 5) is 11.7. The number of rotatable bonds is 2. The molecule has 0 atom stereocenters. The molecule has 4 aromatic rings. The lowest BCUT2D eigenvalue weighted by Gasteiger charge is -2.09. The molecule has 0 unspecified atom stereocenters. The topological polar surface area (TPSA) is 47.2 Å². The van der Waals surface area contributed by atoms with Crippen molar-refractivity contribution in [3.05, 3.63) is 71.2 Å². The highest BCUT2D eigenvalue weighted by Gasteiger charge is 2.06. The molecule has 108 valence electrons. The third kappa shape index (κ3) is 2.05. The summed E-state index contributed by atoms with van der Waals surface area (Å²) >= 11 is 0. The molecule has 1 N–H and O–H groups in total. The van der Waals surface area contributed by atoms with Gasteiger partial charge in [-0.05, 0) is 35.7 Å². The number of aromatic nitrogens is 1. The van der Waals surface area contributed by atoms with Crippen molar-refractivity contribution in [3.8, 4) is 0 Å². The van der Waals surface area contributed by atoms with Crippen LogP contribution < -0.4 is 10.9 Å². The molecule has 0 amide bonds. The largest absolute Gasteiger partial charge is 0.423 e. The predicted molar refractivity (Wildman–Crippen MR) is 88.7 cm³/mol. The van der Waals surface area contributed by atoms with E-state index in [4.69, 9.17) is 4.42 Å². The molecule has 4 nitrogen and oxygen atoms in total. The molecule has 0 radical (unpaired) electrons. The Bertz CT molecular complexity index is 1040. The van der Waals surface area contributed by atoms with Gasteiger partial charge >= 0.3 is 5.63 Å². The number of hydrogen-bond donors (Lipinski definition) is 1. The van der Waals surface area contributed by atoms with Crippen LogP contribution in [0.15, 0.2) is 70.0 Å². The van der Waals surface area contributed by atoms with Crippen LogP contribution in [0, 0.1) is 0 Å². The Kier molecular flexibility index (Phi) is 2.76. The van der Waals surface area contributed by atoms with Gasteiger partial charge in [-0.15, -0.1) is 0 Å². The lowest BCUT2D eigenvalue weighted by molar-refractivity contribution is 0.561. The van der Waals surface area contributed by atoms with Crippen LogP contribution in [0.3, 0.4) is 0 Å². The van der Waals surface area contributed by atoms with Gasteiger partial charge in [0.1, 0.15) is 5.58 Å². The second kappa shape index (κ2) is 4.77. The van der Waals surface area contributed by atoms with Crippen LogP contribution in [0.25, 0.3) is 21.9 Å². The van der Waals surface area contributed by atoms with E-state index in [2.05, 4.69) is 28.1 Å². The van der Waals surface area contributed by atoms with Crippen molar-refractivity contribution < 1.29 is 4.42 Å². The summed E-state index contributed by atoms with van der Waals surface area (Å²) in [6, 6.07) is 17.2. The molecular formula is C18H14N2O2. The van der Waals surface area contributed by atoms with E-state index in [0.29, 0.717) is 5.58 Å². The van der Waals surface area contributed by atoms with Gasteiger partial charge in [0, 0.05) is 35.9 Å². The van der Waals surface area contributed by atoms with E-state index in [1.807, 2.05) is 37.5 Å². The summed E-state index contributed by atoms with van der Waals surface area (Å²) in [6.07, 6.45) is 2.03. The number of aryl methyl sites for hydroxylation is 1. The highest BCUT2D eigenvalue weighted by Crippen LogP contribution is 2.27. The van der Waals surface area contributed by atoms with Crippen molar-refractivity contribution in [3.63, 3.8) is 0 Å². The maximum Gasteiger partial charge on any atom is 0.338 e. The molecule has 0 aliphatic carbocycles. The first kappa shape index (κ1) is 12.7. The van der Waals surface area contributed by atoms with Gasteiger partial charge in [0.15, 0.2) is 0 Å². The normalized spacial score (nSPS) is 11.1. The molecule has 2 aromatic carbocycles. The highest BCUT2D eigenvalue weighted by atomic mass is 16.4. The number of nitrogens with zero attached hydrogens (tertiary/aromatic N) is 1. The zero-order valence-corrected chi connectivity index (χ0v) is 12.0. The molecule has 0 spiro atoms. The average molecular weight is 290 g/mol. The molecule has 0 aliphatic rings. The molecule has 0 aliphatic heterocycles. The quantitative estimate of drug-likeness (QED) is 0.567. The Hall–Kier alpha value is -3.01. The summed E-state index contributed by atoms with van der Waals surface area (Å²) in [6.45, 7) is 0. The number of hydrogen-bond acceptors (Lipinski definition) is 3. The second-order valence-corrected chi connectivity index (χ2v) is 5.30. The van der Waals surface area contributed by atoms with Crippen molar-refractivity contribution >= 4 is 33.2 Å². The lowest BCUT2D eigenvalue weighted by atomic mass is 10.2. The van der Waals surface area contributed by atoms with E-state index in [1.54, 1.807) is 6.07 Å². The number of nitrogens with one attached hydrogen (secondary N) is 1. The van der Waals surface area contributed by atoms with Gasteiger partial charge in [0.2, 0.25) is 0 Å². The third-order valence-electron chi connectivity index (χ3n) is 3.82. The van der Waals surface area contributed by atoms with E-state index >= 15 is 0 Å². The van der Waals surface area contributed by atoms with Crippen molar-refractivity contribution in [1.29, 1.82) is 0 Å². The molecule has 0 saturated carbocycles.